The molecule has 1 aromatic rings. The Morgan fingerprint density at radius 3 is 2.67 bits per heavy atom. The van der Waals surface area contributed by atoms with E-state index in [1.165, 1.54) is 17.5 Å². The first kappa shape index (κ1) is 17.9. The van der Waals surface area contributed by atoms with Crippen LogP contribution in [0.4, 0.5) is 0 Å². The van der Waals surface area contributed by atoms with E-state index in [4.69, 9.17) is 21.1 Å². The Hall–Kier alpha value is -0.860. The Labute approximate surface area is 148 Å². The van der Waals surface area contributed by atoms with E-state index in [0.29, 0.717) is 43.1 Å². The predicted octanol–water partition coefficient (Wildman–Crippen LogP) is 1.83. The zero-order valence-electron chi connectivity index (χ0n) is 13.8. The van der Waals surface area contributed by atoms with E-state index in [1.807, 2.05) is 0 Å². The van der Waals surface area contributed by atoms with Crippen LogP contribution < -0.4 is 4.74 Å². The summed E-state index contributed by atoms with van der Waals surface area (Å²) in [6.45, 7) is 4.07. The molecule has 2 aliphatic heterocycles. The Bertz CT molecular complexity index is 669. The van der Waals surface area contributed by atoms with E-state index >= 15 is 0 Å². The number of piperazine rings is 1. The Morgan fingerprint density at radius 2 is 2.04 bits per heavy atom. The van der Waals surface area contributed by atoms with Crippen LogP contribution in [-0.2, 0) is 14.8 Å². The summed E-state index contributed by atoms with van der Waals surface area (Å²) in [5.41, 5.74) is 0. The molecule has 0 N–H and O–H groups in total. The summed E-state index contributed by atoms with van der Waals surface area (Å²) in [7, 11) is -2.15. The smallest absolute Gasteiger partial charge is 0.246 e. The number of hydrogen-bond donors (Lipinski definition) is 0. The molecule has 0 amide bonds. The van der Waals surface area contributed by atoms with Crippen LogP contribution in [0.15, 0.2) is 23.1 Å². The predicted molar refractivity (Wildman–Crippen MR) is 92.2 cm³/mol. The van der Waals surface area contributed by atoms with Gasteiger partial charge in [-0.05, 0) is 31.0 Å². The van der Waals surface area contributed by atoms with Gasteiger partial charge in [0.15, 0.2) is 0 Å². The third-order valence-corrected chi connectivity index (χ3v) is 6.72. The van der Waals surface area contributed by atoms with Gasteiger partial charge in [-0.2, -0.15) is 4.31 Å². The standard InChI is InChI=1S/C16H23ClN2O4S/c1-22-15-5-4-13(17)11-16(15)24(20,21)19-8-6-18(7-9-19)12-14-3-2-10-23-14/h4-5,11,14H,2-3,6-10,12H2,1H3. The number of benzene rings is 1. The number of sulfonamides is 1. The fraction of sp³-hybridized carbons (Fsp3) is 0.625. The minimum Gasteiger partial charge on any atom is -0.495 e. The Balaban J connectivity index is 1.67. The summed E-state index contributed by atoms with van der Waals surface area (Å²) in [5.74, 6) is 0.321. The molecule has 0 spiro atoms. The fourth-order valence-electron chi connectivity index (χ4n) is 3.22. The molecule has 0 radical (unpaired) electrons. The van der Waals surface area contributed by atoms with Gasteiger partial charge in [0, 0.05) is 44.4 Å². The van der Waals surface area contributed by atoms with Crippen LogP contribution in [0.1, 0.15) is 12.8 Å². The zero-order valence-corrected chi connectivity index (χ0v) is 15.4. The lowest BCUT2D eigenvalue weighted by Gasteiger charge is -2.35. The molecule has 2 fully saturated rings. The minimum absolute atomic E-state index is 0.130. The maximum Gasteiger partial charge on any atom is 0.246 e. The highest BCUT2D eigenvalue weighted by molar-refractivity contribution is 7.89. The van der Waals surface area contributed by atoms with Crippen molar-refractivity contribution in [1.29, 1.82) is 0 Å². The molecule has 0 bridgehead atoms. The largest absolute Gasteiger partial charge is 0.495 e. The van der Waals surface area contributed by atoms with E-state index in [2.05, 4.69) is 4.90 Å². The molecule has 134 valence electrons. The highest BCUT2D eigenvalue weighted by Crippen LogP contribution is 2.30. The summed E-state index contributed by atoms with van der Waals surface area (Å²) in [6.07, 6.45) is 2.51. The number of methoxy groups -OCH3 is 1. The molecule has 0 aliphatic carbocycles. The molecule has 2 aliphatic rings. The van der Waals surface area contributed by atoms with Crippen LogP contribution in [0.25, 0.3) is 0 Å². The summed E-state index contributed by atoms with van der Waals surface area (Å²) in [4.78, 5) is 2.40. The second-order valence-corrected chi connectivity index (χ2v) is 8.48. The van der Waals surface area contributed by atoms with Crippen LogP contribution in [0, 0.1) is 0 Å². The van der Waals surface area contributed by atoms with E-state index in [0.717, 1.165) is 26.0 Å². The Kier molecular flexibility index (Phi) is 5.66. The monoisotopic (exact) mass is 374 g/mol. The molecule has 2 heterocycles. The molecular weight excluding hydrogens is 352 g/mol. The van der Waals surface area contributed by atoms with Gasteiger partial charge in [0.25, 0.3) is 0 Å². The molecule has 24 heavy (non-hydrogen) atoms. The Morgan fingerprint density at radius 1 is 1.29 bits per heavy atom. The van der Waals surface area contributed by atoms with Crippen molar-refractivity contribution in [3.8, 4) is 5.75 Å². The number of nitrogens with zero attached hydrogens (tertiary/aromatic N) is 2. The lowest BCUT2D eigenvalue weighted by Crippen LogP contribution is -2.50. The first-order valence-corrected chi connectivity index (χ1v) is 10.00. The van der Waals surface area contributed by atoms with E-state index in [1.54, 1.807) is 12.1 Å². The summed E-state index contributed by atoms with van der Waals surface area (Å²) in [6, 6.07) is 4.66. The van der Waals surface area contributed by atoms with Crippen molar-refractivity contribution < 1.29 is 17.9 Å². The van der Waals surface area contributed by atoms with Gasteiger partial charge in [-0.15, -0.1) is 0 Å². The fourth-order valence-corrected chi connectivity index (χ4v) is 5.06. The van der Waals surface area contributed by atoms with E-state index in [9.17, 15) is 8.42 Å². The minimum atomic E-state index is -3.61. The molecule has 0 aromatic heterocycles. The molecule has 1 atom stereocenters. The van der Waals surface area contributed by atoms with Crippen LogP contribution in [0.5, 0.6) is 5.75 Å². The lowest BCUT2D eigenvalue weighted by atomic mass is 10.2. The van der Waals surface area contributed by atoms with Crippen LogP contribution in [0.3, 0.4) is 0 Å². The van der Waals surface area contributed by atoms with Crippen molar-refractivity contribution in [2.75, 3.05) is 46.4 Å². The normalized spacial score (nSPS) is 23.5. The van der Waals surface area contributed by atoms with Crippen LogP contribution in [-0.4, -0.2) is 70.2 Å². The SMILES string of the molecule is COc1ccc(Cl)cc1S(=O)(=O)N1CCN(CC2CCCO2)CC1. The molecule has 6 nitrogen and oxygen atoms in total. The molecule has 1 unspecified atom stereocenters. The van der Waals surface area contributed by atoms with Gasteiger partial charge in [0.2, 0.25) is 10.0 Å². The molecule has 3 rings (SSSR count). The summed E-state index contributed by atoms with van der Waals surface area (Å²) >= 11 is 5.98. The highest BCUT2D eigenvalue weighted by Gasteiger charge is 2.32. The number of rotatable bonds is 5. The van der Waals surface area contributed by atoms with Crippen molar-refractivity contribution >= 4 is 21.6 Å². The molecule has 2 saturated heterocycles. The maximum atomic E-state index is 12.9. The van der Waals surface area contributed by atoms with Crippen LogP contribution >= 0.6 is 11.6 Å². The van der Waals surface area contributed by atoms with Gasteiger partial charge in [-0.3, -0.25) is 4.90 Å². The summed E-state index contributed by atoms with van der Waals surface area (Å²) in [5, 5.41) is 0.381. The third-order valence-electron chi connectivity index (χ3n) is 4.56. The second kappa shape index (κ2) is 7.58. The van der Waals surface area contributed by atoms with Crippen molar-refractivity contribution in [2.24, 2.45) is 0 Å². The zero-order chi connectivity index (χ0) is 17.2. The van der Waals surface area contributed by atoms with Gasteiger partial charge in [0.1, 0.15) is 10.6 Å². The third kappa shape index (κ3) is 3.86. The number of hydrogen-bond acceptors (Lipinski definition) is 5. The quantitative estimate of drug-likeness (QED) is 0.787. The summed E-state index contributed by atoms with van der Waals surface area (Å²) < 4.78 is 38.2. The highest BCUT2D eigenvalue weighted by atomic mass is 35.5. The first-order valence-electron chi connectivity index (χ1n) is 8.18. The second-order valence-electron chi connectivity index (χ2n) is 6.13. The number of ether oxygens (including phenoxy) is 2. The van der Waals surface area contributed by atoms with E-state index in [-0.39, 0.29) is 4.90 Å². The van der Waals surface area contributed by atoms with Crippen molar-refractivity contribution in [1.82, 2.24) is 9.21 Å². The van der Waals surface area contributed by atoms with Gasteiger partial charge in [-0.1, -0.05) is 11.6 Å². The molecule has 8 heteroatoms. The lowest BCUT2D eigenvalue weighted by molar-refractivity contribution is 0.0617. The first-order chi connectivity index (χ1) is 11.5. The topological polar surface area (TPSA) is 59.1 Å². The van der Waals surface area contributed by atoms with Gasteiger partial charge in [0.05, 0.1) is 13.2 Å². The maximum absolute atomic E-state index is 12.9. The molecule has 1 aromatic carbocycles. The van der Waals surface area contributed by atoms with Crippen molar-refractivity contribution in [2.45, 2.75) is 23.8 Å². The van der Waals surface area contributed by atoms with Gasteiger partial charge in [-0.25, -0.2) is 8.42 Å². The van der Waals surface area contributed by atoms with Gasteiger partial charge < -0.3 is 9.47 Å². The molecular formula is C16H23ClN2O4S. The van der Waals surface area contributed by atoms with Crippen molar-refractivity contribution in [3.05, 3.63) is 23.2 Å². The number of halogens is 1. The average Bonchev–Trinajstić information content (AvgIpc) is 3.08. The van der Waals surface area contributed by atoms with Crippen molar-refractivity contribution in [3.63, 3.8) is 0 Å². The average molecular weight is 375 g/mol. The van der Waals surface area contributed by atoms with Gasteiger partial charge >= 0.3 is 0 Å². The van der Waals surface area contributed by atoms with Crippen LogP contribution in [0.2, 0.25) is 5.02 Å². The molecule has 0 saturated carbocycles. The van der Waals surface area contributed by atoms with E-state index < -0.39 is 10.0 Å².